The Morgan fingerprint density at radius 3 is 2.56 bits per heavy atom. The molecule has 0 saturated carbocycles. The molecule has 2 rings (SSSR count). The molecule has 0 radical (unpaired) electrons. The number of aryl methyl sites for hydroxylation is 2. The number of hydrogen-bond donors (Lipinski definition) is 1. The Balaban J connectivity index is 2.23. The maximum atomic E-state index is 13.0. The van der Waals surface area contributed by atoms with Gasteiger partial charge in [-0.15, -0.1) is 0 Å². The van der Waals surface area contributed by atoms with Gasteiger partial charge in [-0.1, -0.05) is 25.1 Å². The SMILES string of the molecule is CCc1ccc(OCc2cc(C(F)F)ccc2NC(=S)OC)c(C)c1. The first-order valence-electron chi connectivity index (χ1n) is 7.92. The van der Waals surface area contributed by atoms with E-state index in [2.05, 4.69) is 18.3 Å². The van der Waals surface area contributed by atoms with Crippen molar-refractivity contribution in [1.82, 2.24) is 0 Å². The summed E-state index contributed by atoms with van der Waals surface area (Å²) in [7, 11) is 1.44. The first kappa shape index (κ1) is 19.1. The van der Waals surface area contributed by atoms with Crippen LogP contribution < -0.4 is 10.1 Å². The number of benzene rings is 2. The van der Waals surface area contributed by atoms with E-state index in [4.69, 9.17) is 21.7 Å². The van der Waals surface area contributed by atoms with Crippen molar-refractivity contribution in [2.24, 2.45) is 0 Å². The van der Waals surface area contributed by atoms with Crippen molar-refractivity contribution in [3.8, 4) is 5.75 Å². The van der Waals surface area contributed by atoms with Crippen molar-refractivity contribution in [2.75, 3.05) is 12.4 Å². The second-order valence-electron chi connectivity index (χ2n) is 5.58. The molecule has 0 unspecified atom stereocenters. The van der Waals surface area contributed by atoms with Gasteiger partial charge in [0.15, 0.2) is 0 Å². The quantitative estimate of drug-likeness (QED) is 0.693. The number of methoxy groups -OCH3 is 1. The summed E-state index contributed by atoms with van der Waals surface area (Å²) in [6, 6.07) is 10.3. The second kappa shape index (κ2) is 8.76. The van der Waals surface area contributed by atoms with E-state index >= 15 is 0 Å². The molecule has 2 aromatic carbocycles. The number of halogens is 2. The van der Waals surface area contributed by atoms with Gasteiger partial charge in [0.05, 0.1) is 7.11 Å². The number of anilines is 1. The predicted octanol–water partition coefficient (Wildman–Crippen LogP) is 5.42. The highest BCUT2D eigenvalue weighted by Crippen LogP contribution is 2.27. The third kappa shape index (κ3) is 5.13. The number of hydrogen-bond acceptors (Lipinski definition) is 3. The Hall–Kier alpha value is -2.21. The molecule has 3 nitrogen and oxygen atoms in total. The fourth-order valence-corrected chi connectivity index (χ4v) is 2.51. The zero-order valence-corrected chi connectivity index (χ0v) is 15.3. The Labute approximate surface area is 152 Å². The van der Waals surface area contributed by atoms with Gasteiger partial charge in [0.1, 0.15) is 12.4 Å². The van der Waals surface area contributed by atoms with Crippen LogP contribution >= 0.6 is 12.2 Å². The minimum absolute atomic E-state index is 0.0643. The summed E-state index contributed by atoms with van der Waals surface area (Å²) >= 11 is 4.99. The molecule has 25 heavy (non-hydrogen) atoms. The van der Waals surface area contributed by atoms with Crippen LogP contribution in [0, 0.1) is 6.92 Å². The Bertz CT molecular complexity index is 750. The maximum absolute atomic E-state index is 13.0. The minimum Gasteiger partial charge on any atom is -0.489 e. The Morgan fingerprint density at radius 2 is 1.96 bits per heavy atom. The van der Waals surface area contributed by atoms with Gasteiger partial charge in [0, 0.05) is 16.8 Å². The van der Waals surface area contributed by atoms with Crippen LogP contribution in [0.1, 0.15) is 35.6 Å². The highest BCUT2D eigenvalue weighted by Gasteiger charge is 2.13. The standard InChI is InChI=1S/C19H21F2NO2S/c1-4-13-5-8-17(12(2)9-13)24-11-15-10-14(18(20)21)6-7-16(15)22-19(25)23-3/h5-10,18H,4,11H2,1-3H3,(H,22,25). The number of rotatable bonds is 6. The molecule has 0 atom stereocenters. The third-order valence-electron chi connectivity index (χ3n) is 3.83. The van der Waals surface area contributed by atoms with E-state index in [0.717, 1.165) is 17.7 Å². The van der Waals surface area contributed by atoms with Crippen molar-refractivity contribution in [2.45, 2.75) is 33.3 Å². The lowest BCUT2D eigenvalue weighted by Crippen LogP contribution is -2.13. The molecule has 0 aliphatic carbocycles. The molecule has 6 heteroatoms. The summed E-state index contributed by atoms with van der Waals surface area (Å²) in [5.74, 6) is 0.722. The molecule has 0 aliphatic rings. The lowest BCUT2D eigenvalue weighted by Gasteiger charge is -2.15. The Morgan fingerprint density at radius 1 is 1.20 bits per heavy atom. The summed E-state index contributed by atoms with van der Waals surface area (Å²) in [5.41, 5.74) is 3.32. The molecule has 0 amide bonds. The summed E-state index contributed by atoms with van der Waals surface area (Å²) in [4.78, 5) is 0. The van der Waals surface area contributed by atoms with Crippen LogP contribution in [0.15, 0.2) is 36.4 Å². The summed E-state index contributed by atoms with van der Waals surface area (Å²) in [6.45, 7) is 4.19. The molecule has 0 aromatic heterocycles. The predicted molar refractivity (Wildman–Crippen MR) is 99.5 cm³/mol. The number of ether oxygens (including phenoxy) is 2. The van der Waals surface area contributed by atoms with Crippen LogP contribution in [0.2, 0.25) is 0 Å². The smallest absolute Gasteiger partial charge is 0.263 e. The van der Waals surface area contributed by atoms with Crippen molar-refractivity contribution >= 4 is 23.1 Å². The molecule has 0 aliphatic heterocycles. The minimum atomic E-state index is -2.55. The van der Waals surface area contributed by atoms with E-state index in [0.29, 0.717) is 11.3 Å². The molecule has 0 bridgehead atoms. The molecule has 1 N–H and O–H groups in total. The van der Waals surface area contributed by atoms with Crippen molar-refractivity contribution in [1.29, 1.82) is 0 Å². The highest BCUT2D eigenvalue weighted by molar-refractivity contribution is 7.80. The second-order valence-corrected chi connectivity index (χ2v) is 5.95. The molecular formula is C19H21F2NO2S. The zero-order chi connectivity index (χ0) is 18.4. The van der Waals surface area contributed by atoms with E-state index in [9.17, 15) is 8.78 Å². The van der Waals surface area contributed by atoms with Crippen LogP contribution in [0.4, 0.5) is 14.5 Å². The topological polar surface area (TPSA) is 30.5 Å². The first-order valence-corrected chi connectivity index (χ1v) is 8.33. The average Bonchev–Trinajstić information content (AvgIpc) is 2.61. The van der Waals surface area contributed by atoms with E-state index in [1.807, 2.05) is 19.1 Å². The van der Waals surface area contributed by atoms with Crippen molar-refractivity contribution in [3.63, 3.8) is 0 Å². The van der Waals surface area contributed by atoms with Gasteiger partial charge in [0.2, 0.25) is 0 Å². The molecule has 134 valence electrons. The summed E-state index contributed by atoms with van der Waals surface area (Å²) < 4.78 is 36.8. The lowest BCUT2D eigenvalue weighted by atomic mass is 10.1. The largest absolute Gasteiger partial charge is 0.489 e. The van der Waals surface area contributed by atoms with Gasteiger partial charge in [0.25, 0.3) is 11.6 Å². The van der Waals surface area contributed by atoms with E-state index in [1.54, 1.807) is 6.07 Å². The van der Waals surface area contributed by atoms with Gasteiger partial charge in [-0.05, 0) is 54.9 Å². The normalized spacial score (nSPS) is 10.6. The van der Waals surface area contributed by atoms with Crippen LogP contribution in [-0.2, 0) is 17.8 Å². The molecule has 0 spiro atoms. The molecule has 2 aromatic rings. The van der Waals surface area contributed by atoms with Gasteiger partial charge in [-0.2, -0.15) is 0 Å². The van der Waals surface area contributed by atoms with Crippen LogP contribution in [-0.4, -0.2) is 12.3 Å². The zero-order valence-electron chi connectivity index (χ0n) is 14.4. The summed E-state index contributed by atoms with van der Waals surface area (Å²) in [5, 5.41) is 3.04. The van der Waals surface area contributed by atoms with Gasteiger partial charge < -0.3 is 14.8 Å². The monoisotopic (exact) mass is 365 g/mol. The number of thiocarbonyl (C=S) groups is 1. The van der Waals surface area contributed by atoms with Gasteiger partial charge >= 0.3 is 0 Å². The number of alkyl halides is 2. The third-order valence-corrected chi connectivity index (χ3v) is 4.10. The fraction of sp³-hybridized carbons (Fsp3) is 0.316. The van der Waals surface area contributed by atoms with E-state index < -0.39 is 6.43 Å². The molecule has 0 heterocycles. The van der Waals surface area contributed by atoms with Crippen LogP contribution in [0.5, 0.6) is 5.75 Å². The fourth-order valence-electron chi connectivity index (χ4n) is 2.40. The van der Waals surface area contributed by atoms with Gasteiger partial charge in [-0.3, -0.25) is 0 Å². The Kier molecular flexibility index (Phi) is 6.70. The maximum Gasteiger partial charge on any atom is 0.263 e. The lowest BCUT2D eigenvalue weighted by molar-refractivity contribution is 0.151. The molecule has 0 saturated heterocycles. The van der Waals surface area contributed by atoms with Crippen molar-refractivity contribution in [3.05, 3.63) is 58.7 Å². The number of nitrogens with one attached hydrogen (secondary N) is 1. The van der Waals surface area contributed by atoms with Crippen LogP contribution in [0.25, 0.3) is 0 Å². The van der Waals surface area contributed by atoms with Crippen molar-refractivity contribution < 1.29 is 18.3 Å². The molecule has 0 fully saturated rings. The van der Waals surface area contributed by atoms with E-state index in [-0.39, 0.29) is 17.3 Å². The van der Waals surface area contributed by atoms with E-state index in [1.165, 1.54) is 24.8 Å². The highest BCUT2D eigenvalue weighted by atomic mass is 32.1. The first-order chi connectivity index (χ1) is 11.9. The summed E-state index contributed by atoms with van der Waals surface area (Å²) in [6.07, 6.45) is -1.60. The van der Waals surface area contributed by atoms with Crippen LogP contribution in [0.3, 0.4) is 0 Å². The van der Waals surface area contributed by atoms with Gasteiger partial charge in [-0.25, -0.2) is 8.78 Å². The average molecular weight is 365 g/mol. The molecular weight excluding hydrogens is 344 g/mol.